The lowest BCUT2D eigenvalue weighted by Gasteiger charge is -2.23. The van der Waals surface area contributed by atoms with Gasteiger partial charge in [0.25, 0.3) is 0 Å². The fraction of sp³-hybridized carbons (Fsp3) is 0.296. The van der Waals surface area contributed by atoms with E-state index in [0.717, 1.165) is 19.5 Å². The van der Waals surface area contributed by atoms with Crippen molar-refractivity contribution in [2.24, 2.45) is 11.7 Å². The van der Waals surface area contributed by atoms with Gasteiger partial charge in [0.15, 0.2) is 0 Å². The maximum atomic E-state index is 13.0. The lowest BCUT2D eigenvalue weighted by molar-refractivity contribution is 0.103. The molecule has 1 heterocycles. The quantitative estimate of drug-likeness (QED) is 0.680. The number of hydrogen-bond acceptors (Lipinski definition) is 3. The van der Waals surface area contributed by atoms with Gasteiger partial charge in [-0.25, -0.2) is 4.79 Å². The van der Waals surface area contributed by atoms with Crippen LogP contribution in [0.2, 0.25) is 0 Å². The highest BCUT2D eigenvalue weighted by Crippen LogP contribution is 2.59. The van der Waals surface area contributed by atoms with Crippen molar-refractivity contribution in [3.63, 3.8) is 0 Å². The van der Waals surface area contributed by atoms with Gasteiger partial charge in [-0.3, -0.25) is 0 Å². The lowest BCUT2D eigenvalue weighted by atomic mass is 9.90. The summed E-state index contributed by atoms with van der Waals surface area (Å²) in [6.45, 7) is 2.41. The Labute approximate surface area is 182 Å². The van der Waals surface area contributed by atoms with E-state index in [1.54, 1.807) is 0 Å². The van der Waals surface area contributed by atoms with Gasteiger partial charge in [-0.05, 0) is 45.7 Å². The first kappa shape index (κ1) is 18.6. The molecule has 3 aromatic rings. The normalized spacial score (nSPS) is 23.3. The van der Waals surface area contributed by atoms with E-state index >= 15 is 0 Å². The average molecular weight is 411 g/mol. The molecule has 31 heavy (non-hydrogen) atoms. The summed E-state index contributed by atoms with van der Waals surface area (Å²) in [6, 6.07) is 25.3. The first-order valence-corrected chi connectivity index (χ1v) is 11.1. The van der Waals surface area contributed by atoms with Crippen LogP contribution < -0.4 is 5.73 Å². The maximum Gasteiger partial charge on any atom is 0.409 e. The number of carbonyl (C=O) groups excluding carboxylic acids is 1. The van der Waals surface area contributed by atoms with E-state index in [2.05, 4.69) is 66.7 Å². The minimum atomic E-state index is -0.196. The minimum absolute atomic E-state index is 0.0710. The lowest BCUT2D eigenvalue weighted by Crippen LogP contribution is -2.34. The molecule has 0 spiro atoms. The van der Waals surface area contributed by atoms with Crippen molar-refractivity contribution < 1.29 is 9.53 Å². The zero-order valence-electron chi connectivity index (χ0n) is 17.5. The standard InChI is InChI=1S/C27H26N2O2/c28-14-18-7-1-6-12-25(18)27-13-19(27)15-29(17-27)26(30)31-16-24-22-10-4-2-8-20(22)21-9-3-5-11-23(21)24/h1-12,19,24H,13-17,28H2. The number of amides is 1. The molecule has 1 saturated carbocycles. The summed E-state index contributed by atoms with van der Waals surface area (Å²) >= 11 is 0. The number of piperidine rings is 1. The molecule has 0 aromatic heterocycles. The van der Waals surface area contributed by atoms with Gasteiger partial charge in [-0.15, -0.1) is 0 Å². The molecule has 3 aliphatic rings. The summed E-state index contributed by atoms with van der Waals surface area (Å²) in [5, 5.41) is 0. The highest BCUT2D eigenvalue weighted by molar-refractivity contribution is 5.79. The number of benzene rings is 3. The molecule has 0 bridgehead atoms. The Bertz CT molecular complexity index is 1130. The predicted octanol–water partition coefficient (Wildman–Crippen LogP) is 4.67. The van der Waals surface area contributed by atoms with E-state index < -0.39 is 0 Å². The Morgan fingerprint density at radius 2 is 1.61 bits per heavy atom. The SMILES string of the molecule is NCc1ccccc1C12CC1CN(C(=O)OCC1c3ccccc3-c3ccccc31)C2. The Hall–Kier alpha value is -3.11. The van der Waals surface area contributed by atoms with Crippen LogP contribution in [0.4, 0.5) is 4.79 Å². The van der Waals surface area contributed by atoms with Crippen LogP contribution in [0.5, 0.6) is 0 Å². The number of rotatable bonds is 4. The summed E-state index contributed by atoms with van der Waals surface area (Å²) in [7, 11) is 0. The van der Waals surface area contributed by atoms with Crippen molar-refractivity contribution in [3.8, 4) is 11.1 Å². The molecule has 6 rings (SSSR count). The zero-order chi connectivity index (χ0) is 21.0. The van der Waals surface area contributed by atoms with Crippen LogP contribution in [0.1, 0.15) is 34.6 Å². The molecule has 2 fully saturated rings. The zero-order valence-corrected chi connectivity index (χ0v) is 17.5. The smallest absolute Gasteiger partial charge is 0.409 e. The van der Waals surface area contributed by atoms with E-state index in [1.165, 1.54) is 33.4 Å². The van der Waals surface area contributed by atoms with Gasteiger partial charge in [0, 0.05) is 31.0 Å². The van der Waals surface area contributed by atoms with Crippen molar-refractivity contribution in [1.82, 2.24) is 4.90 Å². The average Bonchev–Trinajstić information content (AvgIpc) is 3.24. The van der Waals surface area contributed by atoms with E-state index in [4.69, 9.17) is 10.5 Å². The second-order valence-electron chi connectivity index (χ2n) is 9.10. The van der Waals surface area contributed by atoms with Gasteiger partial charge in [-0.1, -0.05) is 72.8 Å². The van der Waals surface area contributed by atoms with E-state index in [-0.39, 0.29) is 17.4 Å². The van der Waals surface area contributed by atoms with Crippen LogP contribution in [-0.2, 0) is 16.7 Å². The van der Waals surface area contributed by atoms with E-state index in [0.29, 0.717) is 19.1 Å². The third-order valence-corrected chi connectivity index (χ3v) is 7.51. The molecule has 1 amide bonds. The van der Waals surface area contributed by atoms with Crippen LogP contribution in [0, 0.1) is 5.92 Å². The molecule has 1 aliphatic heterocycles. The molecule has 2 atom stereocenters. The molecular formula is C27H26N2O2. The van der Waals surface area contributed by atoms with Crippen molar-refractivity contribution in [3.05, 3.63) is 95.1 Å². The van der Waals surface area contributed by atoms with Crippen molar-refractivity contribution in [2.75, 3.05) is 19.7 Å². The maximum absolute atomic E-state index is 13.0. The number of nitrogens with zero attached hydrogens (tertiary/aromatic N) is 1. The molecule has 0 radical (unpaired) electrons. The summed E-state index contributed by atoms with van der Waals surface area (Å²) in [5.41, 5.74) is 13.5. The van der Waals surface area contributed by atoms with Crippen molar-refractivity contribution in [1.29, 1.82) is 0 Å². The Morgan fingerprint density at radius 1 is 0.968 bits per heavy atom. The monoisotopic (exact) mass is 410 g/mol. The van der Waals surface area contributed by atoms with Gasteiger partial charge in [-0.2, -0.15) is 0 Å². The third-order valence-electron chi connectivity index (χ3n) is 7.51. The van der Waals surface area contributed by atoms with Gasteiger partial charge >= 0.3 is 6.09 Å². The summed E-state index contributed by atoms with van der Waals surface area (Å²) in [6.07, 6.45) is 0.940. The van der Waals surface area contributed by atoms with Crippen LogP contribution in [0.3, 0.4) is 0 Å². The van der Waals surface area contributed by atoms with Crippen LogP contribution >= 0.6 is 0 Å². The van der Waals surface area contributed by atoms with Gasteiger partial charge in [0.2, 0.25) is 0 Å². The molecule has 4 nitrogen and oxygen atoms in total. The fourth-order valence-electron chi connectivity index (χ4n) is 5.91. The van der Waals surface area contributed by atoms with Crippen molar-refractivity contribution in [2.45, 2.75) is 24.3 Å². The Morgan fingerprint density at radius 3 is 2.32 bits per heavy atom. The number of likely N-dealkylation sites (tertiary alicyclic amines) is 1. The molecule has 1 saturated heterocycles. The molecule has 156 valence electrons. The number of ether oxygens (including phenoxy) is 1. The largest absolute Gasteiger partial charge is 0.448 e. The molecule has 3 aromatic carbocycles. The number of nitrogens with two attached hydrogens (primary N) is 1. The first-order valence-electron chi connectivity index (χ1n) is 11.1. The van der Waals surface area contributed by atoms with E-state index in [1.807, 2.05) is 11.0 Å². The first-order chi connectivity index (χ1) is 15.2. The predicted molar refractivity (Wildman–Crippen MR) is 121 cm³/mol. The summed E-state index contributed by atoms with van der Waals surface area (Å²) in [4.78, 5) is 14.9. The van der Waals surface area contributed by atoms with Crippen molar-refractivity contribution >= 4 is 6.09 Å². The third kappa shape index (κ3) is 2.82. The second-order valence-corrected chi connectivity index (χ2v) is 9.10. The van der Waals surface area contributed by atoms with E-state index in [9.17, 15) is 4.79 Å². The fourth-order valence-corrected chi connectivity index (χ4v) is 5.91. The topological polar surface area (TPSA) is 55.6 Å². The minimum Gasteiger partial charge on any atom is -0.448 e. The summed E-state index contributed by atoms with van der Waals surface area (Å²) in [5.74, 6) is 0.612. The molecule has 2 aliphatic carbocycles. The van der Waals surface area contributed by atoms with Gasteiger partial charge in [0.05, 0.1) is 0 Å². The molecule has 4 heteroatoms. The van der Waals surface area contributed by atoms with Crippen LogP contribution in [0.25, 0.3) is 11.1 Å². The van der Waals surface area contributed by atoms with Crippen LogP contribution in [0.15, 0.2) is 72.8 Å². The van der Waals surface area contributed by atoms with Gasteiger partial charge in [0.1, 0.15) is 6.61 Å². The Kier molecular flexibility index (Phi) is 4.19. The summed E-state index contributed by atoms with van der Waals surface area (Å²) < 4.78 is 5.89. The molecular weight excluding hydrogens is 384 g/mol. The highest BCUT2D eigenvalue weighted by Gasteiger charge is 2.62. The number of carbonyl (C=O) groups is 1. The second kappa shape index (κ2) is 6.96. The molecule has 2 unspecified atom stereocenters. The molecule has 2 N–H and O–H groups in total. The van der Waals surface area contributed by atoms with Crippen LogP contribution in [-0.4, -0.2) is 30.7 Å². The number of fused-ring (bicyclic) bond motifs is 4. The van der Waals surface area contributed by atoms with Gasteiger partial charge < -0.3 is 15.4 Å². The number of hydrogen-bond donors (Lipinski definition) is 1. The highest BCUT2D eigenvalue weighted by atomic mass is 16.6. The Balaban J connectivity index is 1.18.